The molecule has 3 aromatic rings. The van der Waals surface area contributed by atoms with Gasteiger partial charge in [-0.25, -0.2) is 8.42 Å². The summed E-state index contributed by atoms with van der Waals surface area (Å²) in [6.07, 6.45) is -0.561. The Bertz CT molecular complexity index is 1820. The normalized spacial score (nSPS) is 24.5. The zero-order chi connectivity index (χ0) is 32.6. The largest absolute Gasteiger partial charge is 0.392 e. The van der Waals surface area contributed by atoms with Gasteiger partial charge in [0.05, 0.1) is 23.2 Å². The van der Waals surface area contributed by atoms with Crippen molar-refractivity contribution in [2.75, 3.05) is 19.6 Å². The number of amides is 3. The van der Waals surface area contributed by atoms with E-state index in [0.29, 0.717) is 6.42 Å². The highest BCUT2D eigenvalue weighted by Gasteiger charge is 2.53. The molecule has 3 aliphatic heterocycles. The molecule has 3 amide bonds. The molecule has 6 rings (SSSR count). The van der Waals surface area contributed by atoms with Crippen LogP contribution in [0.4, 0.5) is 0 Å². The minimum Gasteiger partial charge on any atom is -0.392 e. The molecule has 240 valence electrons. The molecule has 4 heterocycles. The fourth-order valence-electron chi connectivity index (χ4n) is 7.14. The first-order valence-electron chi connectivity index (χ1n) is 14.7. The molecule has 2 aromatic carbocycles. The van der Waals surface area contributed by atoms with Gasteiger partial charge in [-0.1, -0.05) is 62.2 Å². The van der Waals surface area contributed by atoms with Crippen LogP contribution in [0.25, 0.3) is 10.9 Å². The first kappa shape index (κ1) is 31.8. The second kappa shape index (κ2) is 11.3. The second-order valence-corrected chi connectivity index (χ2v) is 15.9. The van der Waals surface area contributed by atoms with Crippen molar-refractivity contribution in [1.82, 2.24) is 18.7 Å². The first-order valence-corrected chi connectivity index (χ1v) is 16.9. The maximum absolute atomic E-state index is 14.4. The van der Waals surface area contributed by atoms with Crippen LogP contribution in [0.1, 0.15) is 50.1 Å². The monoisotopic (exact) mass is 675 g/mol. The van der Waals surface area contributed by atoms with E-state index in [1.165, 1.54) is 18.2 Å². The number of benzene rings is 2. The number of rotatable bonds is 6. The molecule has 3 aliphatic rings. The summed E-state index contributed by atoms with van der Waals surface area (Å²) < 4.78 is 30.0. The second-order valence-electron chi connectivity index (χ2n) is 13.2. The zero-order valence-electron chi connectivity index (χ0n) is 25.1. The van der Waals surface area contributed by atoms with Crippen molar-refractivity contribution in [3.63, 3.8) is 0 Å². The number of aromatic nitrogens is 1. The average Bonchev–Trinajstić information content (AvgIpc) is 3.75. The summed E-state index contributed by atoms with van der Waals surface area (Å²) in [5.74, 6) is -1.24. The Hall–Kier alpha value is -3.16. The van der Waals surface area contributed by atoms with Gasteiger partial charge in [-0.05, 0) is 42.2 Å². The van der Waals surface area contributed by atoms with Crippen molar-refractivity contribution in [2.45, 2.75) is 68.8 Å². The van der Waals surface area contributed by atoms with Crippen LogP contribution in [-0.2, 0) is 19.6 Å². The van der Waals surface area contributed by atoms with Crippen LogP contribution in [0.5, 0.6) is 0 Å². The molecule has 0 aliphatic carbocycles. The lowest BCUT2D eigenvalue weighted by molar-refractivity contribution is -0.145. The highest BCUT2D eigenvalue weighted by molar-refractivity contribution is 7.89. The summed E-state index contributed by atoms with van der Waals surface area (Å²) in [6.45, 7) is 6.03. The van der Waals surface area contributed by atoms with E-state index < -0.39 is 45.4 Å². The number of carbonyl (C=O) groups excluding carboxylic acids is 3. The number of likely N-dealkylation sites (tertiary alicyclic amines) is 2. The topological polar surface area (TPSA) is 146 Å². The Morgan fingerprint density at radius 1 is 0.956 bits per heavy atom. The van der Waals surface area contributed by atoms with Gasteiger partial charge in [0.2, 0.25) is 21.8 Å². The third kappa shape index (κ3) is 5.40. The molecule has 14 heteroatoms. The SMILES string of the molecule is CC(C)(C)[C@@H](C(=O)N1C[C@@H]2C[C@H]1CN2C(=O)[C@@H]1C[C@@H](O)CN1S(=O)(=O)c1cc(Cl)ccc1Cl)n1c(C(N)=O)cc2ccccc21. The van der Waals surface area contributed by atoms with Crippen LogP contribution in [0, 0.1) is 5.41 Å². The maximum Gasteiger partial charge on any atom is 0.265 e. The minimum absolute atomic E-state index is 0.0373. The van der Waals surface area contributed by atoms with E-state index in [1.54, 1.807) is 20.4 Å². The molecular weight excluding hydrogens is 641 g/mol. The highest BCUT2D eigenvalue weighted by Crippen LogP contribution is 2.41. The fraction of sp³-hybridized carbons (Fsp3) is 0.452. The van der Waals surface area contributed by atoms with E-state index in [0.717, 1.165) is 15.2 Å². The molecule has 0 unspecified atom stereocenters. The summed E-state index contributed by atoms with van der Waals surface area (Å²) in [5.41, 5.74) is 6.15. The molecule has 45 heavy (non-hydrogen) atoms. The molecule has 0 radical (unpaired) electrons. The van der Waals surface area contributed by atoms with Crippen molar-refractivity contribution in [3.05, 3.63) is 64.3 Å². The van der Waals surface area contributed by atoms with Crippen molar-refractivity contribution < 1.29 is 27.9 Å². The molecule has 3 N–H and O–H groups in total. The lowest BCUT2D eigenvalue weighted by Gasteiger charge is -2.41. The summed E-state index contributed by atoms with van der Waals surface area (Å²) in [6, 6.07) is 10.7. The Kier molecular flexibility index (Phi) is 7.97. The number of para-hydroxylation sites is 1. The fourth-order valence-corrected chi connectivity index (χ4v) is 9.51. The van der Waals surface area contributed by atoms with Gasteiger partial charge < -0.3 is 25.2 Å². The Balaban J connectivity index is 1.26. The van der Waals surface area contributed by atoms with E-state index >= 15 is 0 Å². The third-order valence-corrected chi connectivity index (χ3v) is 11.7. The van der Waals surface area contributed by atoms with Crippen LogP contribution >= 0.6 is 23.2 Å². The van der Waals surface area contributed by atoms with Crippen molar-refractivity contribution in [3.8, 4) is 0 Å². The number of halogens is 2. The number of fused-ring (bicyclic) bond motifs is 3. The summed E-state index contributed by atoms with van der Waals surface area (Å²) in [4.78, 5) is 44.0. The quantitative estimate of drug-likeness (QED) is 0.410. The Morgan fingerprint density at radius 3 is 2.27 bits per heavy atom. The van der Waals surface area contributed by atoms with Crippen molar-refractivity contribution >= 4 is 61.8 Å². The predicted molar refractivity (Wildman–Crippen MR) is 169 cm³/mol. The number of sulfonamides is 1. The zero-order valence-corrected chi connectivity index (χ0v) is 27.4. The Labute approximate surface area is 271 Å². The van der Waals surface area contributed by atoms with Gasteiger partial charge in [0, 0.05) is 42.0 Å². The predicted octanol–water partition coefficient (Wildman–Crippen LogP) is 3.27. The minimum atomic E-state index is -4.26. The molecule has 1 aromatic heterocycles. The number of β-amino-alcohol motifs (C(OH)–C–C–N with tert-alkyl or cyclic N) is 1. The van der Waals surface area contributed by atoms with Gasteiger partial charge in [0.1, 0.15) is 22.7 Å². The molecule has 3 fully saturated rings. The lowest BCUT2D eigenvalue weighted by Crippen LogP contribution is -2.56. The molecular formula is C31H35Cl2N5O6S. The van der Waals surface area contributed by atoms with Gasteiger partial charge in [0.15, 0.2) is 0 Å². The maximum atomic E-state index is 14.4. The Morgan fingerprint density at radius 2 is 1.62 bits per heavy atom. The highest BCUT2D eigenvalue weighted by atomic mass is 35.5. The molecule has 5 atom stereocenters. The summed E-state index contributed by atoms with van der Waals surface area (Å²) in [5, 5.41) is 11.4. The van der Waals surface area contributed by atoms with Crippen LogP contribution in [0.3, 0.4) is 0 Å². The van der Waals surface area contributed by atoms with E-state index in [4.69, 9.17) is 28.9 Å². The molecule has 0 spiro atoms. The van der Waals surface area contributed by atoms with Crippen molar-refractivity contribution in [1.29, 1.82) is 0 Å². The average molecular weight is 677 g/mol. The number of primary amides is 1. The molecule has 2 bridgehead atoms. The number of aliphatic hydroxyl groups excluding tert-OH is 1. The summed E-state index contributed by atoms with van der Waals surface area (Å²) in [7, 11) is -4.26. The smallest absolute Gasteiger partial charge is 0.265 e. The van der Waals surface area contributed by atoms with Gasteiger partial charge >= 0.3 is 0 Å². The number of carbonyl (C=O) groups is 3. The van der Waals surface area contributed by atoms with Crippen LogP contribution < -0.4 is 5.73 Å². The lowest BCUT2D eigenvalue weighted by atomic mass is 9.85. The number of nitrogens with two attached hydrogens (primary N) is 1. The van der Waals surface area contributed by atoms with Crippen LogP contribution in [0.15, 0.2) is 53.4 Å². The number of hydrogen-bond acceptors (Lipinski definition) is 6. The molecule has 3 saturated heterocycles. The first-order chi connectivity index (χ1) is 21.1. The van der Waals surface area contributed by atoms with Gasteiger partial charge in [-0.2, -0.15) is 4.31 Å². The molecule has 0 saturated carbocycles. The third-order valence-electron chi connectivity index (χ3n) is 9.12. The van der Waals surface area contributed by atoms with Crippen LogP contribution in [-0.4, -0.2) is 93.8 Å². The standard InChI is InChI=1S/C31H35Cl2N5O6S/c1-31(2,3)27(38-23-7-5-4-6-17(23)10-24(38)28(34)40)30(42)36-15-19-12-20(36)14-35(19)29(41)25-13-21(39)16-37(25)45(43,44)26-11-18(32)8-9-22(26)33/h4-11,19-21,25,27,39H,12-16H2,1-3H3,(H2,34,40)/t19-,20-,21+,25-,27+/m0/s1. The number of aliphatic hydroxyl groups is 1. The number of hydrogen-bond donors (Lipinski definition) is 2. The van der Waals surface area contributed by atoms with E-state index in [-0.39, 0.29) is 64.7 Å². The van der Waals surface area contributed by atoms with E-state index in [2.05, 4.69) is 0 Å². The van der Waals surface area contributed by atoms with Gasteiger partial charge in [-0.3, -0.25) is 14.4 Å². The molecule has 11 nitrogen and oxygen atoms in total. The van der Waals surface area contributed by atoms with E-state index in [9.17, 15) is 27.9 Å². The van der Waals surface area contributed by atoms with Crippen LogP contribution in [0.2, 0.25) is 10.0 Å². The van der Waals surface area contributed by atoms with Crippen molar-refractivity contribution in [2.24, 2.45) is 11.1 Å². The van der Waals surface area contributed by atoms with Gasteiger partial charge in [0.25, 0.3) is 5.91 Å². The van der Waals surface area contributed by atoms with E-state index in [1.807, 2.05) is 45.0 Å². The number of piperazine rings is 1. The summed E-state index contributed by atoms with van der Waals surface area (Å²) >= 11 is 12.3. The van der Waals surface area contributed by atoms with Gasteiger partial charge in [-0.15, -0.1) is 0 Å². The number of nitrogens with zero attached hydrogens (tertiary/aromatic N) is 4.